The number of fused-ring (bicyclic) bond motifs is 20. The predicted molar refractivity (Wildman–Crippen MR) is 443 cm³/mol. The van der Waals surface area contributed by atoms with Crippen LogP contribution < -0.4 is 18.3 Å². The Labute approximate surface area is 622 Å². The highest BCUT2D eigenvalue weighted by atomic mass is 16.3. The second-order valence-corrected chi connectivity index (χ2v) is 29.7. The molecule has 0 aliphatic carbocycles. The third kappa shape index (κ3) is 11.4. The summed E-state index contributed by atoms with van der Waals surface area (Å²) in [5, 5.41) is 19.7. The van der Waals surface area contributed by atoms with Crippen LogP contribution >= 0.6 is 0 Å². The molecule has 0 aliphatic rings. The molecule has 20 rings (SSSR count). The molecular weight excluding hydrogens is 1310 g/mol. The molecule has 8 nitrogen and oxygen atoms in total. The van der Waals surface area contributed by atoms with E-state index in [1.807, 2.05) is 0 Å². The molecule has 8 heterocycles. The zero-order valence-corrected chi connectivity index (χ0v) is 63.6. The van der Waals surface area contributed by atoms with Crippen molar-refractivity contribution in [2.24, 2.45) is 28.2 Å². The van der Waals surface area contributed by atoms with Crippen molar-refractivity contribution in [3.8, 4) is 45.0 Å². The molecular formula is C99H86N4O4+4. The first kappa shape index (κ1) is 67.6. The molecule has 0 saturated heterocycles. The van der Waals surface area contributed by atoms with Crippen molar-refractivity contribution in [1.82, 2.24) is 0 Å². The smallest absolute Gasteiger partial charge is 0.216 e. The Bertz CT molecular complexity index is 7080. The van der Waals surface area contributed by atoms with Gasteiger partial charge < -0.3 is 17.7 Å². The largest absolute Gasteiger partial charge is 0.455 e. The maximum Gasteiger partial charge on any atom is 0.216 e. The molecule has 0 bridgehead atoms. The summed E-state index contributed by atoms with van der Waals surface area (Å²) in [7, 11) is 8.39. The van der Waals surface area contributed by atoms with Gasteiger partial charge in [-0.25, -0.2) is 18.3 Å². The van der Waals surface area contributed by atoms with Crippen LogP contribution in [-0.2, 0) is 28.2 Å². The summed E-state index contributed by atoms with van der Waals surface area (Å²) in [5.74, 6) is 0. The van der Waals surface area contributed by atoms with E-state index in [4.69, 9.17) is 17.7 Å². The summed E-state index contributed by atoms with van der Waals surface area (Å²) >= 11 is 0. The fourth-order valence-electron chi connectivity index (χ4n) is 17.0. The lowest BCUT2D eigenvalue weighted by Gasteiger charge is -2.08. The van der Waals surface area contributed by atoms with Crippen molar-refractivity contribution < 1.29 is 35.9 Å². The molecule has 0 radical (unpaired) electrons. The van der Waals surface area contributed by atoms with Gasteiger partial charge in [-0.2, -0.15) is 0 Å². The molecule has 522 valence electrons. The van der Waals surface area contributed by atoms with Crippen LogP contribution in [0.25, 0.3) is 176 Å². The highest BCUT2D eigenvalue weighted by Crippen LogP contribution is 2.47. The van der Waals surface area contributed by atoms with Crippen LogP contribution in [0.2, 0.25) is 0 Å². The first-order chi connectivity index (χ1) is 51.8. The molecule has 0 atom stereocenters. The average Bonchev–Trinajstić information content (AvgIpc) is 1.62. The average molecular weight is 1400 g/mol. The van der Waals surface area contributed by atoms with Gasteiger partial charge in [-0.1, -0.05) is 152 Å². The van der Waals surface area contributed by atoms with Gasteiger partial charge >= 0.3 is 0 Å². The number of hydrogen-bond donors (Lipinski definition) is 0. The van der Waals surface area contributed by atoms with Crippen LogP contribution in [0.5, 0.6) is 0 Å². The molecule has 0 saturated carbocycles. The molecule has 107 heavy (non-hydrogen) atoms. The third-order valence-corrected chi connectivity index (χ3v) is 22.2. The van der Waals surface area contributed by atoms with Crippen LogP contribution in [0, 0.1) is 76.2 Å². The number of furan rings is 4. The van der Waals surface area contributed by atoms with E-state index in [2.05, 4.69) is 372 Å². The van der Waals surface area contributed by atoms with Crippen LogP contribution in [0.15, 0.2) is 267 Å². The van der Waals surface area contributed by atoms with Gasteiger partial charge in [0.1, 0.15) is 72.9 Å². The van der Waals surface area contributed by atoms with Gasteiger partial charge in [-0.3, -0.25) is 0 Å². The normalized spacial score (nSPS) is 11.7. The Morgan fingerprint density at radius 3 is 1.07 bits per heavy atom. The van der Waals surface area contributed by atoms with E-state index >= 15 is 0 Å². The standard InChI is InChI=1S/3C25H22NO.C24H20NO/c1-15-9-11-20-24-19-8-6-5-7-18(19)10-12-22(24)27-25(20)23(15)21-13-16(2)17(3)14-26(21)4;1-15-9-11-20(26(4)14-15)22-16(2)13-17(3)23-24-19-8-6-5-7-18(19)10-12-21(24)27-25(22)23;1-15-11-12-26(4)20(13-15)22-16(2)14-17(3)23-24-19-8-6-5-7-18(19)9-10-21(24)27-25(22)23;1-15-14-16(2)22-23-18-9-5-4-8-17(18)11-12-20(23)26-24(22)21(15)19-10-6-7-13-25(19)3/h3*5-14H,1-4H3;4-14H,1-3H3/q4*+1. The summed E-state index contributed by atoms with van der Waals surface area (Å²) < 4.78 is 34.6. The number of rotatable bonds is 4. The van der Waals surface area contributed by atoms with Crippen LogP contribution in [0.3, 0.4) is 0 Å². The molecule has 0 amide bonds. The van der Waals surface area contributed by atoms with Gasteiger partial charge in [0.15, 0.2) is 24.8 Å². The Morgan fingerprint density at radius 1 is 0.215 bits per heavy atom. The topological polar surface area (TPSA) is 68.1 Å². The zero-order chi connectivity index (χ0) is 74.0. The molecule has 0 unspecified atom stereocenters. The van der Waals surface area contributed by atoms with E-state index in [1.165, 1.54) is 192 Å². The quantitative estimate of drug-likeness (QED) is 0.165. The molecule has 0 fully saturated rings. The van der Waals surface area contributed by atoms with Gasteiger partial charge in [0, 0.05) is 90.6 Å². The van der Waals surface area contributed by atoms with Crippen molar-refractivity contribution in [3.05, 3.63) is 310 Å². The number of aryl methyl sites for hydroxylation is 15. The van der Waals surface area contributed by atoms with Crippen LogP contribution in [-0.4, -0.2) is 0 Å². The van der Waals surface area contributed by atoms with E-state index in [0.717, 1.165) is 44.7 Å². The maximum absolute atomic E-state index is 6.49. The van der Waals surface area contributed by atoms with Crippen LogP contribution in [0.1, 0.15) is 61.2 Å². The molecule has 12 aromatic carbocycles. The number of pyridine rings is 4. The van der Waals surface area contributed by atoms with Gasteiger partial charge in [0.2, 0.25) is 22.8 Å². The number of benzene rings is 12. The van der Waals surface area contributed by atoms with Crippen molar-refractivity contribution in [2.45, 2.75) is 76.2 Å². The highest BCUT2D eigenvalue weighted by molar-refractivity contribution is 6.25. The van der Waals surface area contributed by atoms with E-state index in [9.17, 15) is 0 Å². The molecule has 0 spiro atoms. The minimum Gasteiger partial charge on any atom is -0.455 e. The fraction of sp³-hybridized carbons (Fsp3) is 0.152. The van der Waals surface area contributed by atoms with Crippen LogP contribution in [0.4, 0.5) is 0 Å². The lowest BCUT2D eigenvalue weighted by atomic mass is 9.95. The van der Waals surface area contributed by atoms with E-state index in [1.54, 1.807) is 0 Å². The van der Waals surface area contributed by atoms with Gasteiger partial charge in [0.05, 0.1) is 22.3 Å². The van der Waals surface area contributed by atoms with Crippen molar-refractivity contribution in [1.29, 1.82) is 0 Å². The summed E-state index contributed by atoms with van der Waals surface area (Å²) in [6.07, 6.45) is 8.56. The van der Waals surface area contributed by atoms with E-state index < -0.39 is 0 Å². The molecule has 20 aromatic rings. The number of hydrogen-bond acceptors (Lipinski definition) is 4. The van der Waals surface area contributed by atoms with Gasteiger partial charge in [-0.15, -0.1) is 0 Å². The molecule has 0 N–H and O–H groups in total. The Hall–Kier alpha value is -12.5. The molecule has 8 heteroatoms. The Balaban J connectivity index is 0.000000105. The molecule has 8 aromatic heterocycles. The lowest BCUT2D eigenvalue weighted by molar-refractivity contribution is -0.660. The predicted octanol–water partition coefficient (Wildman–Crippen LogP) is 24.3. The Morgan fingerprint density at radius 2 is 0.598 bits per heavy atom. The minimum absolute atomic E-state index is 0.946. The van der Waals surface area contributed by atoms with E-state index in [-0.39, 0.29) is 0 Å². The second-order valence-electron chi connectivity index (χ2n) is 29.7. The summed E-state index contributed by atoms with van der Waals surface area (Å²) in [5.41, 5.74) is 31.0. The summed E-state index contributed by atoms with van der Waals surface area (Å²) in [4.78, 5) is 0. The van der Waals surface area contributed by atoms with Gasteiger partial charge in [0.25, 0.3) is 0 Å². The number of aromatic nitrogens is 4. The zero-order valence-electron chi connectivity index (χ0n) is 63.6. The summed E-state index contributed by atoms with van der Waals surface area (Å²) in [6, 6.07) is 79.7. The molecule has 0 aliphatic heterocycles. The van der Waals surface area contributed by atoms with Gasteiger partial charge in [-0.05, 0) is 206 Å². The minimum atomic E-state index is 0.946. The number of nitrogens with zero attached hydrogens (tertiary/aromatic N) is 4. The second kappa shape index (κ2) is 26.6. The fourth-order valence-corrected chi connectivity index (χ4v) is 17.0. The van der Waals surface area contributed by atoms with Crippen molar-refractivity contribution in [2.75, 3.05) is 0 Å². The lowest BCUT2D eigenvalue weighted by Crippen LogP contribution is -2.31. The van der Waals surface area contributed by atoms with Crippen molar-refractivity contribution in [3.63, 3.8) is 0 Å². The first-order valence-corrected chi connectivity index (χ1v) is 37.0. The maximum atomic E-state index is 6.49. The summed E-state index contributed by atoms with van der Waals surface area (Å²) in [6.45, 7) is 23.8. The SMILES string of the molecule is Cc1cc(-c2c(C)ccc3c2oc2ccc4ccccc4c23)[n+](C)cc1C.Cc1cc(C)c2c(oc3ccc4ccccc4c32)c1-c1cccc[n+]1C.Cc1cc[n+](C)c(-c2c(C)cc(C)c3c2oc2ccc4ccccc4c23)c1.Cc1ccc(-c2c(C)cc(C)c3c2oc2ccc4ccccc4c23)[n+](C)c1. The third-order valence-electron chi connectivity index (χ3n) is 22.2. The van der Waals surface area contributed by atoms with E-state index in [0.29, 0.717) is 0 Å². The Kier molecular flexibility index (Phi) is 16.8. The van der Waals surface area contributed by atoms with Crippen molar-refractivity contribution >= 4 is 131 Å². The monoisotopic (exact) mass is 1390 g/mol. The highest BCUT2D eigenvalue weighted by Gasteiger charge is 2.28. The first-order valence-electron chi connectivity index (χ1n) is 37.0.